The molecule has 0 spiro atoms. The fourth-order valence-electron chi connectivity index (χ4n) is 2.59. The van der Waals surface area contributed by atoms with Crippen LogP contribution in [0.4, 0.5) is 0 Å². The first-order valence-electron chi connectivity index (χ1n) is 6.44. The molecular formula is C14H20Cl2N2. The van der Waals surface area contributed by atoms with Gasteiger partial charge < -0.3 is 5.73 Å². The van der Waals surface area contributed by atoms with Gasteiger partial charge in [0.15, 0.2) is 0 Å². The van der Waals surface area contributed by atoms with E-state index < -0.39 is 0 Å². The minimum Gasteiger partial charge on any atom is -0.327 e. The number of hydrogen-bond donors (Lipinski definition) is 1. The Morgan fingerprint density at radius 1 is 1.39 bits per heavy atom. The van der Waals surface area contributed by atoms with Crippen LogP contribution in [0.25, 0.3) is 0 Å². The number of nitrogens with two attached hydrogens (primary N) is 1. The second-order valence-electron chi connectivity index (χ2n) is 5.24. The maximum Gasteiger partial charge on any atom is 0.0640 e. The first-order chi connectivity index (χ1) is 8.50. The molecule has 18 heavy (non-hydrogen) atoms. The van der Waals surface area contributed by atoms with E-state index in [9.17, 15) is 0 Å². The summed E-state index contributed by atoms with van der Waals surface area (Å²) in [5, 5.41) is 1.30. The zero-order valence-electron chi connectivity index (χ0n) is 10.9. The van der Waals surface area contributed by atoms with E-state index in [0.717, 1.165) is 25.1 Å². The quantitative estimate of drug-likeness (QED) is 0.898. The van der Waals surface area contributed by atoms with Crippen molar-refractivity contribution in [2.24, 2.45) is 11.7 Å². The molecule has 1 aromatic rings. The van der Waals surface area contributed by atoms with Crippen molar-refractivity contribution in [1.82, 2.24) is 4.90 Å². The van der Waals surface area contributed by atoms with Gasteiger partial charge in [-0.15, -0.1) is 0 Å². The Morgan fingerprint density at radius 2 is 2.11 bits per heavy atom. The van der Waals surface area contributed by atoms with Crippen LogP contribution in [-0.4, -0.2) is 24.0 Å². The lowest BCUT2D eigenvalue weighted by molar-refractivity contribution is 0.124. The van der Waals surface area contributed by atoms with E-state index in [-0.39, 0.29) is 6.04 Å². The van der Waals surface area contributed by atoms with E-state index in [0.29, 0.717) is 22.0 Å². The molecular weight excluding hydrogens is 267 g/mol. The van der Waals surface area contributed by atoms with Gasteiger partial charge in [0, 0.05) is 25.2 Å². The van der Waals surface area contributed by atoms with Crippen LogP contribution in [0, 0.1) is 5.92 Å². The molecule has 0 aromatic heterocycles. The summed E-state index contributed by atoms with van der Waals surface area (Å²) in [5.74, 6) is 0.527. The van der Waals surface area contributed by atoms with E-state index in [1.54, 1.807) is 0 Å². The third-order valence-corrected chi connectivity index (χ3v) is 4.82. The summed E-state index contributed by atoms with van der Waals surface area (Å²) in [4.78, 5) is 2.44. The van der Waals surface area contributed by atoms with Gasteiger partial charge in [0.2, 0.25) is 0 Å². The van der Waals surface area contributed by atoms with Crippen LogP contribution >= 0.6 is 23.2 Å². The van der Waals surface area contributed by atoms with Crippen molar-refractivity contribution in [3.05, 3.63) is 33.8 Å². The molecule has 1 aliphatic rings. The predicted molar refractivity (Wildman–Crippen MR) is 78.2 cm³/mol. The number of rotatable bonds is 2. The highest BCUT2D eigenvalue weighted by atomic mass is 35.5. The highest BCUT2D eigenvalue weighted by Gasteiger charge is 2.27. The molecule has 0 radical (unpaired) electrons. The largest absolute Gasteiger partial charge is 0.327 e. The Kier molecular flexibility index (Phi) is 4.54. The highest BCUT2D eigenvalue weighted by molar-refractivity contribution is 6.42. The van der Waals surface area contributed by atoms with Crippen molar-refractivity contribution in [3.8, 4) is 0 Å². The smallest absolute Gasteiger partial charge is 0.0640 e. The van der Waals surface area contributed by atoms with Gasteiger partial charge >= 0.3 is 0 Å². The predicted octanol–water partition coefficient (Wildman–Crippen LogP) is 3.72. The van der Waals surface area contributed by atoms with Crippen LogP contribution in [0.1, 0.15) is 31.9 Å². The van der Waals surface area contributed by atoms with Crippen molar-refractivity contribution in [3.63, 3.8) is 0 Å². The van der Waals surface area contributed by atoms with Crippen LogP contribution in [0.2, 0.25) is 10.0 Å². The van der Waals surface area contributed by atoms with Crippen molar-refractivity contribution in [2.75, 3.05) is 13.1 Å². The summed E-state index contributed by atoms with van der Waals surface area (Å²) in [6.07, 6.45) is 1.05. The molecule has 1 aromatic carbocycles. The lowest BCUT2D eigenvalue weighted by atomic mass is 9.92. The van der Waals surface area contributed by atoms with Crippen LogP contribution < -0.4 is 5.73 Å². The normalized spacial score (nSPS) is 27.2. The lowest BCUT2D eigenvalue weighted by Gasteiger charge is -2.39. The Morgan fingerprint density at radius 3 is 2.78 bits per heavy atom. The topological polar surface area (TPSA) is 29.3 Å². The standard InChI is InChI=1S/C14H20Cl2N2/c1-9-8-18(7-6-13(9)17)10(2)11-4-3-5-12(15)14(11)16/h3-5,9-10,13H,6-8,17H2,1-2H3. The van der Waals surface area contributed by atoms with Crippen LogP contribution in [0.3, 0.4) is 0 Å². The molecule has 2 rings (SSSR count). The van der Waals surface area contributed by atoms with Crippen molar-refractivity contribution in [2.45, 2.75) is 32.4 Å². The van der Waals surface area contributed by atoms with E-state index >= 15 is 0 Å². The molecule has 3 atom stereocenters. The fraction of sp³-hybridized carbons (Fsp3) is 0.571. The van der Waals surface area contributed by atoms with Gasteiger partial charge in [-0.3, -0.25) is 4.90 Å². The van der Waals surface area contributed by atoms with Gasteiger partial charge in [-0.05, 0) is 30.9 Å². The Balaban J connectivity index is 2.16. The molecule has 0 aliphatic carbocycles. The molecule has 1 saturated heterocycles. The molecule has 2 nitrogen and oxygen atoms in total. The molecule has 100 valence electrons. The van der Waals surface area contributed by atoms with Gasteiger partial charge in [0.05, 0.1) is 10.0 Å². The first-order valence-corrected chi connectivity index (χ1v) is 7.20. The highest BCUT2D eigenvalue weighted by Crippen LogP contribution is 2.34. The molecule has 0 saturated carbocycles. The molecule has 1 aliphatic heterocycles. The second-order valence-corrected chi connectivity index (χ2v) is 6.03. The number of benzene rings is 1. The van der Waals surface area contributed by atoms with Gasteiger partial charge in [-0.2, -0.15) is 0 Å². The van der Waals surface area contributed by atoms with E-state index in [1.807, 2.05) is 12.1 Å². The number of halogens is 2. The zero-order valence-corrected chi connectivity index (χ0v) is 12.4. The zero-order chi connectivity index (χ0) is 13.3. The fourth-order valence-corrected chi connectivity index (χ4v) is 3.05. The van der Waals surface area contributed by atoms with Gasteiger partial charge in [-0.25, -0.2) is 0 Å². The first kappa shape index (κ1) is 14.1. The monoisotopic (exact) mass is 286 g/mol. The number of hydrogen-bond acceptors (Lipinski definition) is 2. The Bertz CT molecular complexity index is 422. The summed E-state index contributed by atoms with van der Waals surface area (Å²) in [6, 6.07) is 6.45. The summed E-state index contributed by atoms with van der Waals surface area (Å²) in [7, 11) is 0. The van der Waals surface area contributed by atoms with Crippen molar-refractivity contribution >= 4 is 23.2 Å². The van der Waals surface area contributed by atoms with E-state index in [4.69, 9.17) is 28.9 Å². The van der Waals surface area contributed by atoms with Gasteiger partial charge in [0.25, 0.3) is 0 Å². The molecule has 2 N–H and O–H groups in total. The van der Waals surface area contributed by atoms with E-state index in [1.165, 1.54) is 0 Å². The average Bonchev–Trinajstić information content (AvgIpc) is 2.35. The van der Waals surface area contributed by atoms with Crippen LogP contribution in [-0.2, 0) is 0 Å². The Labute approximate surface area is 119 Å². The van der Waals surface area contributed by atoms with Gasteiger partial charge in [-0.1, -0.05) is 42.3 Å². The summed E-state index contributed by atoms with van der Waals surface area (Å²) in [6.45, 7) is 6.44. The average molecular weight is 287 g/mol. The number of piperidine rings is 1. The van der Waals surface area contributed by atoms with Gasteiger partial charge in [0.1, 0.15) is 0 Å². The minimum atomic E-state index is 0.283. The molecule has 1 heterocycles. The number of nitrogens with zero attached hydrogens (tertiary/aromatic N) is 1. The minimum absolute atomic E-state index is 0.283. The Hall–Kier alpha value is -0.280. The second kappa shape index (κ2) is 5.79. The lowest BCUT2D eigenvalue weighted by Crippen LogP contribution is -2.46. The number of likely N-dealkylation sites (tertiary alicyclic amines) is 1. The summed E-state index contributed by atoms with van der Waals surface area (Å²) < 4.78 is 0. The maximum absolute atomic E-state index is 6.29. The van der Waals surface area contributed by atoms with Crippen molar-refractivity contribution < 1.29 is 0 Å². The maximum atomic E-state index is 6.29. The molecule has 3 unspecified atom stereocenters. The SMILES string of the molecule is CC1CN(C(C)c2cccc(Cl)c2Cl)CCC1N. The van der Waals surface area contributed by atoms with Crippen LogP contribution in [0.15, 0.2) is 18.2 Å². The third-order valence-electron chi connectivity index (χ3n) is 3.98. The summed E-state index contributed by atoms with van der Waals surface area (Å²) >= 11 is 12.4. The third kappa shape index (κ3) is 2.83. The molecule has 0 amide bonds. The van der Waals surface area contributed by atoms with E-state index in [2.05, 4.69) is 24.8 Å². The molecule has 1 fully saturated rings. The molecule has 0 bridgehead atoms. The van der Waals surface area contributed by atoms with Crippen LogP contribution in [0.5, 0.6) is 0 Å². The summed E-state index contributed by atoms with van der Waals surface area (Å²) in [5.41, 5.74) is 7.16. The molecule has 4 heteroatoms. The van der Waals surface area contributed by atoms with Crippen molar-refractivity contribution in [1.29, 1.82) is 0 Å².